The van der Waals surface area contributed by atoms with Crippen LogP contribution in [0.25, 0.3) is 0 Å². The standard InChI is InChI=1S/C19H29N5O2S/c1-4-23-10-12-24(13-11-23)18(17-8-6-5-7-9-17)14-20-27(25,26)19-15(2)21-22-16(19)3/h5-9,18,20H,4,10-14H2,1-3H3,(H,21,22). The number of piperazine rings is 1. The molecule has 7 nitrogen and oxygen atoms in total. The van der Waals surface area contributed by atoms with Crippen LogP contribution in [0.15, 0.2) is 35.2 Å². The minimum Gasteiger partial charge on any atom is -0.301 e. The first kappa shape index (κ1) is 20.0. The molecule has 0 spiro atoms. The Hall–Kier alpha value is -1.74. The van der Waals surface area contributed by atoms with E-state index in [0.717, 1.165) is 38.3 Å². The number of nitrogens with one attached hydrogen (secondary N) is 2. The Bertz CT molecular complexity index is 823. The molecule has 2 aromatic rings. The van der Waals surface area contributed by atoms with Crippen LogP contribution in [-0.4, -0.2) is 67.7 Å². The smallest absolute Gasteiger partial charge is 0.244 e. The molecular formula is C19H29N5O2S. The minimum atomic E-state index is -3.62. The molecule has 1 fully saturated rings. The number of rotatable bonds is 7. The van der Waals surface area contributed by atoms with Crippen molar-refractivity contribution >= 4 is 10.0 Å². The monoisotopic (exact) mass is 391 g/mol. The predicted molar refractivity (Wildman–Crippen MR) is 106 cm³/mol. The lowest BCUT2D eigenvalue weighted by molar-refractivity contribution is 0.100. The first-order valence-corrected chi connectivity index (χ1v) is 10.9. The van der Waals surface area contributed by atoms with Crippen molar-refractivity contribution in [3.05, 3.63) is 47.3 Å². The number of sulfonamides is 1. The van der Waals surface area contributed by atoms with Gasteiger partial charge in [-0.05, 0) is 26.0 Å². The number of aromatic amines is 1. The summed E-state index contributed by atoms with van der Waals surface area (Å²) in [5.41, 5.74) is 2.19. The molecule has 0 aliphatic carbocycles. The van der Waals surface area contributed by atoms with Gasteiger partial charge in [0.2, 0.25) is 10.0 Å². The number of H-pyrrole nitrogens is 1. The van der Waals surface area contributed by atoms with Crippen molar-refractivity contribution in [1.82, 2.24) is 24.7 Å². The highest BCUT2D eigenvalue weighted by molar-refractivity contribution is 7.89. The highest BCUT2D eigenvalue weighted by atomic mass is 32.2. The second-order valence-corrected chi connectivity index (χ2v) is 8.72. The summed E-state index contributed by atoms with van der Waals surface area (Å²) in [5, 5.41) is 6.77. The molecule has 0 saturated carbocycles. The maximum absolute atomic E-state index is 12.9. The third-order valence-corrected chi connectivity index (χ3v) is 6.96. The largest absolute Gasteiger partial charge is 0.301 e. The molecule has 148 valence electrons. The molecule has 1 aromatic carbocycles. The second kappa shape index (κ2) is 8.52. The van der Waals surface area contributed by atoms with Crippen LogP contribution in [-0.2, 0) is 10.0 Å². The molecule has 1 aromatic heterocycles. The van der Waals surface area contributed by atoms with Gasteiger partial charge in [-0.15, -0.1) is 0 Å². The molecule has 27 heavy (non-hydrogen) atoms. The molecular weight excluding hydrogens is 362 g/mol. The van der Waals surface area contributed by atoms with Crippen LogP contribution < -0.4 is 4.72 Å². The van der Waals surface area contributed by atoms with Crippen molar-refractivity contribution in [2.45, 2.75) is 31.7 Å². The molecule has 2 heterocycles. The average molecular weight is 392 g/mol. The molecule has 3 rings (SSSR count). The maximum atomic E-state index is 12.9. The first-order chi connectivity index (χ1) is 12.9. The summed E-state index contributed by atoms with van der Waals surface area (Å²) in [5.74, 6) is 0. The summed E-state index contributed by atoms with van der Waals surface area (Å²) < 4.78 is 28.5. The van der Waals surface area contributed by atoms with E-state index >= 15 is 0 Å². The van der Waals surface area contributed by atoms with E-state index < -0.39 is 10.0 Å². The van der Waals surface area contributed by atoms with Crippen molar-refractivity contribution < 1.29 is 8.42 Å². The maximum Gasteiger partial charge on any atom is 0.244 e. The Morgan fingerprint density at radius 3 is 2.37 bits per heavy atom. The summed E-state index contributed by atoms with van der Waals surface area (Å²) in [6, 6.07) is 10.1. The van der Waals surface area contributed by atoms with E-state index in [1.165, 1.54) is 0 Å². The first-order valence-electron chi connectivity index (χ1n) is 9.45. The van der Waals surface area contributed by atoms with Gasteiger partial charge in [0.1, 0.15) is 4.90 Å². The third kappa shape index (κ3) is 4.57. The van der Waals surface area contributed by atoms with Crippen LogP contribution in [0, 0.1) is 13.8 Å². The topological polar surface area (TPSA) is 81.3 Å². The van der Waals surface area contributed by atoms with Gasteiger partial charge >= 0.3 is 0 Å². The molecule has 1 unspecified atom stereocenters. The molecule has 2 N–H and O–H groups in total. The minimum absolute atomic E-state index is 0.00694. The SMILES string of the molecule is CCN1CCN(C(CNS(=O)(=O)c2c(C)n[nH]c2C)c2ccccc2)CC1. The van der Waals surface area contributed by atoms with Crippen molar-refractivity contribution in [2.24, 2.45) is 0 Å². The zero-order valence-electron chi connectivity index (χ0n) is 16.3. The predicted octanol–water partition coefficient (Wildman–Crippen LogP) is 1.68. The Morgan fingerprint density at radius 2 is 1.81 bits per heavy atom. The van der Waals surface area contributed by atoms with E-state index in [1.54, 1.807) is 13.8 Å². The molecule has 1 saturated heterocycles. The highest BCUT2D eigenvalue weighted by Crippen LogP contribution is 2.23. The van der Waals surface area contributed by atoms with Gasteiger partial charge in [0.05, 0.1) is 11.4 Å². The van der Waals surface area contributed by atoms with Crippen LogP contribution in [0.2, 0.25) is 0 Å². The molecule has 8 heteroatoms. The summed E-state index contributed by atoms with van der Waals surface area (Å²) in [6.07, 6.45) is 0. The average Bonchev–Trinajstić information content (AvgIpc) is 3.02. The van der Waals surface area contributed by atoms with Crippen molar-refractivity contribution in [3.8, 4) is 0 Å². The zero-order valence-corrected chi connectivity index (χ0v) is 17.1. The molecule has 1 aliphatic rings. The Labute approximate surface area is 161 Å². The molecule has 1 aliphatic heterocycles. The number of aromatic nitrogens is 2. The van der Waals surface area contributed by atoms with Crippen LogP contribution in [0.5, 0.6) is 0 Å². The summed E-state index contributed by atoms with van der Waals surface area (Å²) >= 11 is 0. The van der Waals surface area contributed by atoms with E-state index in [0.29, 0.717) is 17.9 Å². The molecule has 1 atom stereocenters. The van der Waals surface area contributed by atoms with Crippen LogP contribution in [0.4, 0.5) is 0 Å². The summed E-state index contributed by atoms with van der Waals surface area (Å²) in [6.45, 7) is 10.9. The summed E-state index contributed by atoms with van der Waals surface area (Å²) in [7, 11) is -3.62. The number of nitrogens with zero attached hydrogens (tertiary/aromatic N) is 3. The molecule has 0 amide bonds. The normalized spacial score (nSPS) is 17.9. The van der Waals surface area contributed by atoms with Crippen molar-refractivity contribution in [2.75, 3.05) is 39.3 Å². The van der Waals surface area contributed by atoms with Gasteiger partial charge in [0.15, 0.2) is 0 Å². The third-order valence-electron chi connectivity index (χ3n) is 5.28. The van der Waals surface area contributed by atoms with Crippen molar-refractivity contribution in [3.63, 3.8) is 0 Å². The number of likely N-dealkylation sites (N-methyl/N-ethyl adjacent to an activating group) is 1. The zero-order chi connectivity index (χ0) is 19.4. The quantitative estimate of drug-likeness (QED) is 0.751. The van der Waals surface area contributed by atoms with E-state index in [2.05, 4.69) is 43.8 Å². The van der Waals surface area contributed by atoms with Gasteiger partial charge in [-0.3, -0.25) is 10.00 Å². The van der Waals surface area contributed by atoms with E-state index in [4.69, 9.17) is 0 Å². The van der Waals surface area contributed by atoms with Crippen LogP contribution >= 0.6 is 0 Å². The Morgan fingerprint density at radius 1 is 1.15 bits per heavy atom. The Kier molecular flexibility index (Phi) is 6.31. The summed E-state index contributed by atoms with van der Waals surface area (Å²) in [4.78, 5) is 5.05. The van der Waals surface area contributed by atoms with Crippen molar-refractivity contribution in [1.29, 1.82) is 0 Å². The van der Waals surface area contributed by atoms with Crippen LogP contribution in [0.1, 0.15) is 29.9 Å². The number of hydrogen-bond donors (Lipinski definition) is 2. The fraction of sp³-hybridized carbons (Fsp3) is 0.526. The van der Waals surface area contributed by atoms with Gasteiger partial charge in [0, 0.05) is 38.8 Å². The lowest BCUT2D eigenvalue weighted by Crippen LogP contribution is -2.49. The Balaban J connectivity index is 1.78. The second-order valence-electron chi connectivity index (χ2n) is 7.01. The van der Waals surface area contributed by atoms with Gasteiger partial charge in [0.25, 0.3) is 0 Å². The van der Waals surface area contributed by atoms with E-state index in [-0.39, 0.29) is 10.9 Å². The van der Waals surface area contributed by atoms with Gasteiger partial charge in [-0.25, -0.2) is 13.1 Å². The molecule has 0 bridgehead atoms. The van der Waals surface area contributed by atoms with E-state index in [9.17, 15) is 8.42 Å². The van der Waals surface area contributed by atoms with Gasteiger partial charge in [-0.2, -0.15) is 5.10 Å². The molecule has 0 radical (unpaired) electrons. The lowest BCUT2D eigenvalue weighted by Gasteiger charge is -2.39. The highest BCUT2D eigenvalue weighted by Gasteiger charge is 2.28. The van der Waals surface area contributed by atoms with E-state index in [1.807, 2.05) is 18.2 Å². The van der Waals surface area contributed by atoms with Gasteiger partial charge < -0.3 is 4.90 Å². The number of hydrogen-bond acceptors (Lipinski definition) is 5. The fourth-order valence-corrected chi connectivity index (χ4v) is 5.13. The van der Waals surface area contributed by atoms with Crippen LogP contribution in [0.3, 0.4) is 0 Å². The number of benzene rings is 1. The fourth-order valence-electron chi connectivity index (χ4n) is 3.72. The number of aryl methyl sites for hydroxylation is 2. The lowest BCUT2D eigenvalue weighted by atomic mass is 10.0. The van der Waals surface area contributed by atoms with Gasteiger partial charge in [-0.1, -0.05) is 37.3 Å².